The molecule has 234 valence electrons. The lowest BCUT2D eigenvalue weighted by Gasteiger charge is -2.28. The lowest BCUT2D eigenvalue weighted by molar-refractivity contribution is 0.345. The molecule has 6 rings (SSSR count). The highest BCUT2D eigenvalue weighted by molar-refractivity contribution is 7.90. The Labute approximate surface area is 261 Å². The molecule has 1 aliphatic heterocycles. The molecule has 1 unspecified atom stereocenters. The standard InChI is InChI=1S/C34H35F2N5O3S/c1-23-7-9-29(10-8-23)45(43,44)41-21-31(30-19-28(20-37-34(30)41)39-12-5-4-6-13-39)24-11-14-40(33(42)17-24)32(22-38(2)3)25-15-26(35)18-27(36)16-25/h7-11,14-21,32H,4-6,12-13,22H2,1-3H3. The number of hydrogen-bond donors (Lipinski definition) is 0. The highest BCUT2D eigenvalue weighted by atomic mass is 32.2. The average Bonchev–Trinajstić information content (AvgIpc) is 3.40. The molecule has 4 heterocycles. The summed E-state index contributed by atoms with van der Waals surface area (Å²) >= 11 is 0. The zero-order chi connectivity index (χ0) is 31.9. The highest BCUT2D eigenvalue weighted by Crippen LogP contribution is 2.35. The predicted molar refractivity (Wildman–Crippen MR) is 172 cm³/mol. The van der Waals surface area contributed by atoms with Gasteiger partial charge in [-0.2, -0.15) is 0 Å². The molecule has 3 aromatic heterocycles. The fraction of sp³-hybridized carbons (Fsp3) is 0.294. The number of aryl methyl sites for hydroxylation is 1. The maximum absolute atomic E-state index is 14.2. The normalized spacial score (nSPS) is 14.8. The summed E-state index contributed by atoms with van der Waals surface area (Å²) in [5.41, 5.74) is 3.06. The fourth-order valence-corrected chi connectivity index (χ4v) is 7.34. The van der Waals surface area contributed by atoms with Gasteiger partial charge >= 0.3 is 0 Å². The van der Waals surface area contributed by atoms with Gasteiger partial charge in [-0.15, -0.1) is 0 Å². The van der Waals surface area contributed by atoms with Gasteiger partial charge in [-0.3, -0.25) is 4.79 Å². The van der Waals surface area contributed by atoms with Crippen LogP contribution < -0.4 is 10.5 Å². The maximum Gasteiger partial charge on any atom is 0.269 e. The van der Waals surface area contributed by atoms with Gasteiger partial charge in [0.15, 0.2) is 5.65 Å². The topological polar surface area (TPSA) is 80.4 Å². The van der Waals surface area contributed by atoms with Crippen molar-refractivity contribution in [2.24, 2.45) is 0 Å². The Morgan fingerprint density at radius 1 is 0.933 bits per heavy atom. The smallest absolute Gasteiger partial charge is 0.269 e. The Kier molecular flexibility index (Phi) is 8.32. The molecule has 2 aromatic carbocycles. The van der Waals surface area contributed by atoms with Crippen molar-refractivity contribution in [3.8, 4) is 11.1 Å². The van der Waals surface area contributed by atoms with E-state index >= 15 is 0 Å². The first-order valence-corrected chi connectivity index (χ1v) is 16.4. The van der Waals surface area contributed by atoms with Gasteiger partial charge in [0, 0.05) is 55.1 Å². The summed E-state index contributed by atoms with van der Waals surface area (Å²) in [5.74, 6) is -1.45. The van der Waals surface area contributed by atoms with Gasteiger partial charge in [0.05, 0.1) is 22.8 Å². The molecule has 0 bridgehead atoms. The van der Waals surface area contributed by atoms with Crippen molar-refractivity contribution in [1.82, 2.24) is 18.4 Å². The van der Waals surface area contributed by atoms with E-state index in [2.05, 4.69) is 9.88 Å². The van der Waals surface area contributed by atoms with Crippen LogP contribution in [0.2, 0.25) is 0 Å². The molecule has 0 spiro atoms. The van der Waals surface area contributed by atoms with E-state index in [1.165, 1.54) is 32.9 Å². The van der Waals surface area contributed by atoms with Gasteiger partial charge < -0.3 is 14.4 Å². The van der Waals surface area contributed by atoms with Gasteiger partial charge in [-0.05, 0) is 87.8 Å². The second-order valence-corrected chi connectivity index (χ2v) is 13.7. The first-order chi connectivity index (χ1) is 21.5. The highest BCUT2D eigenvalue weighted by Gasteiger charge is 2.25. The summed E-state index contributed by atoms with van der Waals surface area (Å²) in [7, 11) is -0.380. The molecule has 0 amide bonds. The molecule has 1 fully saturated rings. The number of hydrogen-bond acceptors (Lipinski definition) is 6. The number of benzene rings is 2. The van der Waals surface area contributed by atoms with Crippen LogP contribution in [0.5, 0.6) is 0 Å². The van der Waals surface area contributed by atoms with Crippen LogP contribution in [-0.4, -0.2) is 60.6 Å². The minimum absolute atomic E-state index is 0.128. The molecule has 1 saturated heterocycles. The Hall–Kier alpha value is -4.35. The molecular formula is C34H35F2N5O3S. The zero-order valence-corrected chi connectivity index (χ0v) is 26.3. The molecule has 0 saturated carbocycles. The number of aromatic nitrogens is 3. The van der Waals surface area contributed by atoms with Crippen molar-refractivity contribution < 1.29 is 17.2 Å². The third-order valence-electron chi connectivity index (χ3n) is 8.30. The van der Waals surface area contributed by atoms with E-state index in [4.69, 9.17) is 0 Å². The minimum atomic E-state index is -4.02. The minimum Gasteiger partial charge on any atom is -0.370 e. The number of likely N-dealkylation sites (N-methyl/N-ethyl adjacent to an activating group) is 1. The summed E-state index contributed by atoms with van der Waals surface area (Å²) in [4.78, 5) is 22.6. The van der Waals surface area contributed by atoms with Gasteiger partial charge in [-0.1, -0.05) is 17.7 Å². The van der Waals surface area contributed by atoms with E-state index in [1.807, 2.05) is 32.0 Å². The van der Waals surface area contributed by atoms with Crippen molar-refractivity contribution in [3.63, 3.8) is 0 Å². The number of fused-ring (bicyclic) bond motifs is 1. The number of rotatable bonds is 8. The molecular weight excluding hydrogens is 596 g/mol. The van der Waals surface area contributed by atoms with Crippen molar-refractivity contribution in [1.29, 1.82) is 0 Å². The number of halogens is 2. The van der Waals surface area contributed by atoms with E-state index in [0.29, 0.717) is 28.6 Å². The molecule has 8 nitrogen and oxygen atoms in total. The Morgan fingerprint density at radius 3 is 2.27 bits per heavy atom. The van der Waals surface area contributed by atoms with Crippen LogP contribution in [0.1, 0.15) is 36.4 Å². The van der Waals surface area contributed by atoms with Crippen LogP contribution >= 0.6 is 0 Å². The van der Waals surface area contributed by atoms with Gasteiger partial charge in [0.2, 0.25) is 0 Å². The van der Waals surface area contributed by atoms with Crippen LogP contribution in [0.4, 0.5) is 14.5 Å². The number of pyridine rings is 2. The van der Waals surface area contributed by atoms with Crippen LogP contribution in [0.25, 0.3) is 22.2 Å². The maximum atomic E-state index is 14.2. The van der Waals surface area contributed by atoms with Gasteiger partial charge in [0.1, 0.15) is 11.6 Å². The quantitative estimate of drug-likeness (QED) is 0.215. The lowest BCUT2D eigenvalue weighted by atomic mass is 10.0. The van der Waals surface area contributed by atoms with Crippen LogP contribution in [0, 0.1) is 18.6 Å². The van der Waals surface area contributed by atoms with Crippen LogP contribution in [-0.2, 0) is 10.0 Å². The SMILES string of the molecule is Cc1ccc(S(=O)(=O)n2cc(-c3ccn(C(CN(C)C)c4cc(F)cc(F)c4)c(=O)c3)c3cc(N4CCCCC4)cnc32)cc1. The van der Waals surface area contributed by atoms with Gasteiger partial charge in [-0.25, -0.2) is 26.2 Å². The monoisotopic (exact) mass is 631 g/mol. The fourth-order valence-electron chi connectivity index (χ4n) is 6.01. The largest absolute Gasteiger partial charge is 0.370 e. The number of anilines is 1. The lowest BCUT2D eigenvalue weighted by Crippen LogP contribution is -2.32. The first kappa shape index (κ1) is 30.7. The van der Waals surface area contributed by atoms with E-state index in [9.17, 15) is 22.0 Å². The Morgan fingerprint density at radius 2 is 1.62 bits per heavy atom. The predicted octanol–water partition coefficient (Wildman–Crippen LogP) is 5.83. The molecule has 1 aliphatic rings. The molecule has 45 heavy (non-hydrogen) atoms. The molecule has 5 aromatic rings. The third-order valence-corrected chi connectivity index (χ3v) is 9.96. The van der Waals surface area contributed by atoms with Crippen LogP contribution in [0.15, 0.2) is 88.9 Å². The average molecular weight is 632 g/mol. The summed E-state index contributed by atoms with van der Waals surface area (Å²) in [6.45, 7) is 3.97. The zero-order valence-electron chi connectivity index (χ0n) is 25.5. The van der Waals surface area contributed by atoms with Gasteiger partial charge in [0.25, 0.3) is 15.6 Å². The van der Waals surface area contributed by atoms with Crippen LogP contribution in [0.3, 0.4) is 0 Å². The molecule has 0 aliphatic carbocycles. The van der Waals surface area contributed by atoms with Crippen molar-refractivity contribution in [2.45, 2.75) is 37.1 Å². The van der Waals surface area contributed by atoms with Crippen molar-refractivity contribution in [3.05, 3.63) is 112 Å². The second-order valence-electron chi connectivity index (χ2n) is 11.9. The molecule has 0 N–H and O–H groups in total. The Bertz CT molecular complexity index is 2010. The third kappa shape index (κ3) is 6.14. The second kappa shape index (κ2) is 12.2. The first-order valence-electron chi connectivity index (χ1n) is 14.9. The van der Waals surface area contributed by atoms with Crippen molar-refractivity contribution >= 4 is 26.7 Å². The van der Waals surface area contributed by atoms with E-state index < -0.39 is 33.3 Å². The number of piperidine rings is 1. The number of nitrogens with zero attached hydrogens (tertiary/aromatic N) is 5. The summed E-state index contributed by atoms with van der Waals surface area (Å²) in [5, 5.41) is 0.600. The van der Waals surface area contributed by atoms with Crippen molar-refractivity contribution in [2.75, 3.05) is 38.6 Å². The Balaban J connectivity index is 1.50. The summed E-state index contributed by atoms with van der Waals surface area (Å²) in [6.07, 6.45) is 8.11. The van der Waals surface area contributed by atoms with E-state index in [1.54, 1.807) is 42.7 Å². The summed E-state index contributed by atoms with van der Waals surface area (Å²) < 4.78 is 58.8. The summed E-state index contributed by atoms with van der Waals surface area (Å²) in [6, 6.07) is 14.3. The molecule has 11 heteroatoms. The van der Waals surface area contributed by atoms with E-state index in [0.717, 1.165) is 49.7 Å². The molecule has 0 radical (unpaired) electrons. The molecule has 1 atom stereocenters. The van der Waals surface area contributed by atoms with E-state index in [-0.39, 0.29) is 10.5 Å².